The van der Waals surface area contributed by atoms with E-state index in [0.717, 1.165) is 30.9 Å². The largest absolute Gasteiger partial charge is 0.494 e. The van der Waals surface area contributed by atoms with Crippen LogP contribution in [-0.2, 0) is 0 Å². The van der Waals surface area contributed by atoms with Gasteiger partial charge in [0.2, 0.25) is 11.9 Å². The Morgan fingerprint density at radius 3 is 2.76 bits per heavy atom. The molecule has 0 radical (unpaired) electrons. The molecule has 0 amide bonds. The second kappa shape index (κ2) is 9.64. The number of nitrogen functional groups attached to an aromatic ring is 1. The normalized spacial score (nSPS) is 23.0. The van der Waals surface area contributed by atoms with E-state index in [9.17, 15) is 4.39 Å². The molecule has 0 saturated carbocycles. The Bertz CT molecular complexity index is 1260. The number of halogens is 2. The molecule has 2 aliphatic heterocycles. The van der Waals surface area contributed by atoms with Gasteiger partial charge >= 0.3 is 0 Å². The lowest BCUT2D eigenvalue weighted by molar-refractivity contribution is 0.287. The molecular weight excluding hydrogens is 495 g/mol. The first-order chi connectivity index (χ1) is 17.6. The predicted octanol–water partition coefficient (Wildman–Crippen LogP) is 4.52. The molecule has 5 rings (SSSR count). The number of hydrogen-bond acceptors (Lipinski definition) is 9. The minimum absolute atomic E-state index is 0.00621. The number of allylic oxidation sites excluding steroid dienone is 4. The average Bonchev–Trinajstić information content (AvgIpc) is 3.43. The molecule has 0 spiro atoms. The highest BCUT2D eigenvalue weighted by molar-refractivity contribution is 6.31. The Hall–Kier alpha value is -3.11. The van der Waals surface area contributed by atoms with Gasteiger partial charge in [-0.3, -0.25) is 0 Å². The van der Waals surface area contributed by atoms with Gasteiger partial charge in [-0.25, -0.2) is 14.4 Å². The zero-order valence-corrected chi connectivity index (χ0v) is 22.7. The topological polar surface area (TPSA) is 95.7 Å². The minimum Gasteiger partial charge on any atom is -0.494 e. The third kappa shape index (κ3) is 4.80. The first-order valence-electron chi connectivity index (χ1n) is 12.5. The number of hydrogen-bond donors (Lipinski definition) is 2. The molecule has 37 heavy (non-hydrogen) atoms. The van der Waals surface area contributed by atoms with Crippen LogP contribution in [0.2, 0.25) is 0 Å². The Balaban J connectivity index is 1.41. The van der Waals surface area contributed by atoms with Crippen molar-refractivity contribution in [2.24, 2.45) is 11.3 Å². The van der Waals surface area contributed by atoms with Crippen LogP contribution in [0, 0.1) is 11.3 Å². The molecule has 9 nitrogen and oxygen atoms in total. The van der Waals surface area contributed by atoms with Crippen molar-refractivity contribution < 1.29 is 9.13 Å². The Labute approximate surface area is 222 Å². The molecule has 2 atom stereocenters. The van der Waals surface area contributed by atoms with Crippen molar-refractivity contribution in [3.05, 3.63) is 41.1 Å². The molecule has 11 heteroatoms. The molecule has 0 bridgehead atoms. The van der Waals surface area contributed by atoms with Gasteiger partial charge < -0.3 is 30.5 Å². The van der Waals surface area contributed by atoms with E-state index < -0.39 is 0 Å². The van der Waals surface area contributed by atoms with Crippen molar-refractivity contribution in [3.63, 3.8) is 0 Å². The fourth-order valence-corrected chi connectivity index (χ4v) is 5.72. The molecule has 3 N–H and O–H groups in total. The number of rotatable bonds is 6. The van der Waals surface area contributed by atoms with E-state index >= 15 is 0 Å². The summed E-state index contributed by atoms with van der Waals surface area (Å²) in [6.07, 6.45) is 4.51. The number of likely N-dealkylation sites (N-methyl/N-ethyl adjacent to an activating group) is 1. The molecule has 1 unspecified atom stereocenters. The van der Waals surface area contributed by atoms with Gasteiger partial charge in [0.25, 0.3) is 0 Å². The van der Waals surface area contributed by atoms with Crippen molar-refractivity contribution in [2.75, 3.05) is 61.7 Å². The number of aromatic nitrogens is 3. The average molecular weight is 529 g/mol. The van der Waals surface area contributed by atoms with Crippen LogP contribution in [0.3, 0.4) is 0 Å². The smallest absolute Gasteiger partial charge is 0.234 e. The van der Waals surface area contributed by atoms with Gasteiger partial charge in [0.15, 0.2) is 0 Å². The summed E-state index contributed by atoms with van der Waals surface area (Å²) in [6, 6.07) is 4.30. The monoisotopic (exact) mass is 528 g/mol. The van der Waals surface area contributed by atoms with Crippen molar-refractivity contribution in [2.45, 2.75) is 32.7 Å². The van der Waals surface area contributed by atoms with E-state index in [1.165, 1.54) is 6.33 Å². The number of nitrogens with one attached hydrogen (secondary N) is 1. The Morgan fingerprint density at radius 2 is 2.05 bits per heavy atom. The van der Waals surface area contributed by atoms with Crippen LogP contribution in [0.4, 0.5) is 33.3 Å². The van der Waals surface area contributed by atoms with E-state index in [4.69, 9.17) is 22.1 Å². The fraction of sp³-hybridized carbons (Fsp3) is 0.500. The molecule has 1 aromatic heterocycles. The van der Waals surface area contributed by atoms with Gasteiger partial charge in [-0.15, -0.1) is 0 Å². The lowest BCUT2D eigenvalue weighted by Crippen LogP contribution is -2.31. The lowest BCUT2D eigenvalue weighted by Gasteiger charge is -2.27. The molecule has 2 aromatic rings. The van der Waals surface area contributed by atoms with E-state index in [2.05, 4.69) is 58.0 Å². The molecule has 3 aliphatic rings. The first-order valence-corrected chi connectivity index (χ1v) is 12.8. The standard InChI is InChI=1S/C26H34ClFN8O/c1-26(2)13-36(21-9-17(27)18(28)8-16(21)26)25-31-14-30-24(33-25)32-20-10-19(29)22(11-23(20)37-5)35-7-6-15(12-35)34(3)4/h9-11,14-16H,6-8,12-13,29H2,1-5H3,(H,30,31,32,33)/t15-,16?/m1/s1. The highest BCUT2D eigenvalue weighted by Crippen LogP contribution is 2.50. The van der Waals surface area contributed by atoms with Crippen molar-refractivity contribution in [3.8, 4) is 5.75 Å². The van der Waals surface area contributed by atoms with Crippen molar-refractivity contribution in [1.82, 2.24) is 19.9 Å². The lowest BCUT2D eigenvalue weighted by atomic mass is 9.77. The number of benzene rings is 1. The maximum absolute atomic E-state index is 14.3. The fourth-order valence-electron chi connectivity index (χ4n) is 5.53. The van der Waals surface area contributed by atoms with Gasteiger partial charge in [0.05, 0.1) is 29.2 Å². The van der Waals surface area contributed by atoms with Crippen molar-refractivity contribution >= 4 is 40.6 Å². The van der Waals surface area contributed by atoms with Gasteiger partial charge in [-0.2, -0.15) is 4.98 Å². The third-order valence-corrected chi connectivity index (χ3v) is 8.04. The van der Waals surface area contributed by atoms with Crippen LogP contribution in [0.1, 0.15) is 26.7 Å². The highest BCUT2D eigenvalue weighted by Gasteiger charge is 2.46. The number of ether oxygens (including phenoxy) is 1. The zero-order chi connectivity index (χ0) is 26.5. The van der Waals surface area contributed by atoms with Crippen LogP contribution in [-0.4, -0.2) is 66.7 Å². The predicted molar refractivity (Wildman–Crippen MR) is 146 cm³/mol. The molecular formula is C26H34ClFN8O. The van der Waals surface area contributed by atoms with Crippen LogP contribution in [0.25, 0.3) is 0 Å². The second-order valence-corrected chi connectivity index (χ2v) is 11.3. The molecule has 1 aliphatic carbocycles. The number of nitrogens with two attached hydrogens (primary N) is 1. The highest BCUT2D eigenvalue weighted by atomic mass is 35.5. The summed E-state index contributed by atoms with van der Waals surface area (Å²) in [6.45, 7) is 6.73. The summed E-state index contributed by atoms with van der Waals surface area (Å²) < 4.78 is 20.0. The van der Waals surface area contributed by atoms with Gasteiger partial charge in [0.1, 0.15) is 17.9 Å². The molecule has 2 fully saturated rings. The number of anilines is 5. The third-order valence-electron chi connectivity index (χ3n) is 7.72. The minimum atomic E-state index is -0.275. The number of methoxy groups -OCH3 is 1. The number of nitrogens with zero attached hydrogens (tertiary/aromatic N) is 6. The maximum Gasteiger partial charge on any atom is 0.234 e. The van der Waals surface area contributed by atoms with Gasteiger partial charge in [-0.05, 0) is 38.1 Å². The molecule has 1 aromatic carbocycles. The Kier molecular flexibility index (Phi) is 6.66. The molecule has 2 saturated heterocycles. The van der Waals surface area contributed by atoms with E-state index in [0.29, 0.717) is 41.6 Å². The maximum atomic E-state index is 14.3. The van der Waals surface area contributed by atoms with E-state index in [-0.39, 0.29) is 28.6 Å². The SMILES string of the molecule is COc1cc(N2CC[C@@H](N(C)C)C2)c(N)cc1Nc1ncnc(N2CC(C)(C)C3CC(F)=C(Cl)C=C32)n1. The number of fused-ring (bicyclic) bond motifs is 1. The van der Waals surface area contributed by atoms with Gasteiger partial charge in [-0.1, -0.05) is 25.4 Å². The first kappa shape index (κ1) is 25.5. The van der Waals surface area contributed by atoms with Crippen LogP contribution in [0.5, 0.6) is 5.75 Å². The summed E-state index contributed by atoms with van der Waals surface area (Å²) in [5, 5.41) is 3.38. The summed E-state index contributed by atoms with van der Waals surface area (Å²) in [5.41, 5.74) is 9.50. The quantitative estimate of drug-likeness (QED) is 0.525. The molecule has 198 valence electrons. The van der Waals surface area contributed by atoms with E-state index in [1.54, 1.807) is 13.2 Å². The Morgan fingerprint density at radius 1 is 1.27 bits per heavy atom. The summed E-state index contributed by atoms with van der Waals surface area (Å²) >= 11 is 6.15. The van der Waals surface area contributed by atoms with E-state index in [1.807, 2.05) is 17.0 Å². The van der Waals surface area contributed by atoms with Crippen LogP contribution in [0.15, 0.2) is 41.1 Å². The van der Waals surface area contributed by atoms with Crippen LogP contribution < -0.4 is 25.6 Å². The summed E-state index contributed by atoms with van der Waals surface area (Å²) in [4.78, 5) is 19.9. The second-order valence-electron chi connectivity index (χ2n) is 10.9. The zero-order valence-electron chi connectivity index (χ0n) is 21.9. The summed E-state index contributed by atoms with van der Waals surface area (Å²) in [7, 11) is 5.84. The van der Waals surface area contributed by atoms with Crippen molar-refractivity contribution in [1.29, 1.82) is 0 Å². The molecule has 3 heterocycles. The summed E-state index contributed by atoms with van der Waals surface area (Å²) in [5.74, 6) is 1.19. The van der Waals surface area contributed by atoms with Gasteiger partial charge in [0, 0.05) is 49.8 Å². The van der Waals surface area contributed by atoms with Crippen LogP contribution >= 0.6 is 11.6 Å².